The number of aryl methyl sites for hydroxylation is 1. The third-order valence-corrected chi connectivity index (χ3v) is 6.42. The lowest BCUT2D eigenvalue weighted by Gasteiger charge is -2.18. The molecule has 0 spiro atoms. The minimum absolute atomic E-state index is 0.0845. The fourth-order valence-corrected chi connectivity index (χ4v) is 4.49. The van der Waals surface area contributed by atoms with Gasteiger partial charge in [0.15, 0.2) is 5.16 Å². The summed E-state index contributed by atoms with van der Waals surface area (Å²) < 4.78 is 6.39. The van der Waals surface area contributed by atoms with E-state index in [2.05, 4.69) is 10.3 Å². The Bertz CT molecular complexity index is 1240. The zero-order valence-corrected chi connectivity index (χ0v) is 21.1. The van der Waals surface area contributed by atoms with E-state index >= 15 is 0 Å². The predicted octanol–water partition coefficient (Wildman–Crippen LogP) is 4.51. The molecule has 7 nitrogen and oxygen atoms in total. The number of rotatable bonds is 9. The number of thioether (sulfide) groups is 1. The van der Waals surface area contributed by atoms with Gasteiger partial charge in [0.2, 0.25) is 5.91 Å². The Morgan fingerprint density at radius 2 is 1.85 bits per heavy atom. The number of aromatic nitrogens is 2. The number of benzene rings is 2. The molecule has 180 valence electrons. The van der Waals surface area contributed by atoms with Crippen molar-refractivity contribution in [2.75, 3.05) is 12.9 Å². The smallest absolute Gasteiger partial charge is 0.337 e. The van der Waals surface area contributed by atoms with E-state index in [0.29, 0.717) is 28.2 Å². The highest BCUT2D eigenvalue weighted by molar-refractivity contribution is 7.99. The summed E-state index contributed by atoms with van der Waals surface area (Å²) in [5, 5.41) is 3.95. The Kier molecular flexibility index (Phi) is 8.50. The highest BCUT2D eigenvalue weighted by atomic mass is 32.2. The van der Waals surface area contributed by atoms with E-state index in [9.17, 15) is 14.4 Å². The first-order valence-corrected chi connectivity index (χ1v) is 12.3. The van der Waals surface area contributed by atoms with Crippen LogP contribution in [-0.4, -0.2) is 34.3 Å². The Morgan fingerprint density at radius 3 is 2.47 bits per heavy atom. The van der Waals surface area contributed by atoms with E-state index in [1.54, 1.807) is 22.8 Å². The molecule has 0 radical (unpaired) electrons. The zero-order valence-electron chi connectivity index (χ0n) is 20.3. The van der Waals surface area contributed by atoms with Crippen molar-refractivity contribution < 1.29 is 14.3 Å². The quantitative estimate of drug-likeness (QED) is 0.275. The average molecular weight is 482 g/mol. The minimum Gasteiger partial charge on any atom is -0.465 e. The molecule has 0 aliphatic heterocycles. The molecular weight excluding hydrogens is 450 g/mol. The van der Waals surface area contributed by atoms with Crippen molar-refractivity contribution in [1.82, 2.24) is 14.9 Å². The molecule has 1 amide bonds. The molecule has 1 atom stereocenters. The van der Waals surface area contributed by atoms with E-state index in [1.807, 2.05) is 52.0 Å². The van der Waals surface area contributed by atoms with Gasteiger partial charge in [0.1, 0.15) is 0 Å². The van der Waals surface area contributed by atoms with Crippen LogP contribution in [0, 0.1) is 12.8 Å². The standard InChI is InChI=1S/C26H31N3O4S/c1-6-21(18-9-7-17(4)8-10-18)27-23(30)15-34-26-28-22-13-19(25(32)33-5)11-12-20(22)24(31)29(26)14-16(2)3/h7-13,16,21H,6,14-15H2,1-5H3,(H,27,30). The van der Waals surface area contributed by atoms with Crippen LogP contribution < -0.4 is 10.9 Å². The predicted molar refractivity (Wildman–Crippen MR) is 135 cm³/mol. The molecule has 1 N–H and O–H groups in total. The van der Waals surface area contributed by atoms with Crippen LogP contribution in [-0.2, 0) is 16.1 Å². The second-order valence-corrected chi connectivity index (χ2v) is 9.60. The van der Waals surface area contributed by atoms with Gasteiger partial charge in [-0.05, 0) is 43.0 Å². The van der Waals surface area contributed by atoms with Crippen molar-refractivity contribution in [3.63, 3.8) is 0 Å². The fourth-order valence-electron chi connectivity index (χ4n) is 3.67. The lowest BCUT2D eigenvalue weighted by Crippen LogP contribution is -2.30. The number of amides is 1. The van der Waals surface area contributed by atoms with E-state index in [1.165, 1.54) is 24.4 Å². The molecule has 1 aromatic heterocycles. The number of nitrogens with one attached hydrogen (secondary N) is 1. The van der Waals surface area contributed by atoms with Crippen LogP contribution in [0.4, 0.5) is 0 Å². The van der Waals surface area contributed by atoms with Crippen LogP contribution in [0.5, 0.6) is 0 Å². The molecule has 8 heteroatoms. The van der Waals surface area contributed by atoms with Crippen LogP contribution in [0.2, 0.25) is 0 Å². The van der Waals surface area contributed by atoms with Gasteiger partial charge in [-0.1, -0.05) is 62.4 Å². The van der Waals surface area contributed by atoms with Crippen molar-refractivity contribution in [3.05, 3.63) is 69.5 Å². The van der Waals surface area contributed by atoms with E-state index in [-0.39, 0.29) is 29.2 Å². The number of esters is 1. The number of ether oxygens (including phenoxy) is 1. The Hall–Kier alpha value is -3.13. The third-order valence-electron chi connectivity index (χ3n) is 5.44. The monoisotopic (exact) mass is 481 g/mol. The van der Waals surface area contributed by atoms with Crippen LogP contribution in [0.1, 0.15) is 54.7 Å². The molecule has 0 fully saturated rings. The van der Waals surface area contributed by atoms with Gasteiger partial charge in [0.25, 0.3) is 5.56 Å². The number of methoxy groups -OCH3 is 1. The molecule has 3 rings (SSSR count). The van der Waals surface area contributed by atoms with Crippen LogP contribution in [0.25, 0.3) is 10.9 Å². The lowest BCUT2D eigenvalue weighted by atomic mass is 10.0. The van der Waals surface area contributed by atoms with Crippen molar-refractivity contribution in [1.29, 1.82) is 0 Å². The van der Waals surface area contributed by atoms with Crippen LogP contribution >= 0.6 is 11.8 Å². The molecule has 0 saturated carbocycles. The van der Waals surface area contributed by atoms with Crippen molar-refractivity contribution in [2.24, 2.45) is 5.92 Å². The topological polar surface area (TPSA) is 90.3 Å². The molecule has 34 heavy (non-hydrogen) atoms. The SMILES string of the molecule is CCC(NC(=O)CSc1nc2cc(C(=O)OC)ccc2c(=O)n1CC(C)C)c1ccc(C)cc1. The van der Waals surface area contributed by atoms with E-state index < -0.39 is 5.97 Å². The number of hydrogen-bond acceptors (Lipinski definition) is 6. The largest absolute Gasteiger partial charge is 0.465 e. The number of fused-ring (bicyclic) bond motifs is 1. The van der Waals surface area contributed by atoms with Crippen molar-refractivity contribution >= 4 is 34.5 Å². The van der Waals surface area contributed by atoms with Gasteiger partial charge in [0.05, 0.1) is 35.4 Å². The van der Waals surface area contributed by atoms with Gasteiger partial charge >= 0.3 is 5.97 Å². The molecular formula is C26H31N3O4S. The summed E-state index contributed by atoms with van der Waals surface area (Å²) in [6.45, 7) is 8.58. The first kappa shape index (κ1) is 25.5. The van der Waals surface area contributed by atoms with Crippen LogP contribution in [0.3, 0.4) is 0 Å². The van der Waals surface area contributed by atoms with Gasteiger partial charge in [0, 0.05) is 6.54 Å². The summed E-state index contributed by atoms with van der Waals surface area (Å²) >= 11 is 1.22. The summed E-state index contributed by atoms with van der Waals surface area (Å²) in [7, 11) is 1.31. The van der Waals surface area contributed by atoms with E-state index in [4.69, 9.17) is 4.74 Å². The Labute approximate surface area is 203 Å². The first-order chi connectivity index (χ1) is 16.2. The summed E-state index contributed by atoms with van der Waals surface area (Å²) in [6, 6.07) is 12.8. The zero-order chi connectivity index (χ0) is 24.8. The second-order valence-electron chi connectivity index (χ2n) is 8.66. The molecule has 0 aliphatic carbocycles. The highest BCUT2D eigenvalue weighted by Crippen LogP contribution is 2.22. The normalized spacial score (nSPS) is 12.1. The number of nitrogens with zero attached hydrogens (tertiary/aromatic N) is 2. The van der Waals surface area contributed by atoms with Crippen LogP contribution in [0.15, 0.2) is 52.4 Å². The van der Waals surface area contributed by atoms with Gasteiger partial charge in [-0.25, -0.2) is 9.78 Å². The number of hydrogen-bond donors (Lipinski definition) is 1. The molecule has 0 aliphatic rings. The maximum absolute atomic E-state index is 13.2. The summed E-state index contributed by atoms with van der Waals surface area (Å²) in [5.74, 6) is -0.295. The number of carbonyl (C=O) groups is 2. The van der Waals surface area contributed by atoms with Crippen molar-refractivity contribution in [2.45, 2.75) is 51.9 Å². The minimum atomic E-state index is -0.495. The van der Waals surface area contributed by atoms with Gasteiger partial charge in [-0.3, -0.25) is 14.2 Å². The molecule has 3 aromatic rings. The molecule has 0 bridgehead atoms. The molecule has 1 heterocycles. The van der Waals surface area contributed by atoms with E-state index in [0.717, 1.165) is 12.0 Å². The Morgan fingerprint density at radius 1 is 1.15 bits per heavy atom. The highest BCUT2D eigenvalue weighted by Gasteiger charge is 2.18. The maximum atomic E-state index is 13.2. The summed E-state index contributed by atoms with van der Waals surface area (Å²) in [4.78, 5) is 42.6. The maximum Gasteiger partial charge on any atom is 0.337 e. The van der Waals surface area contributed by atoms with Crippen molar-refractivity contribution in [3.8, 4) is 0 Å². The average Bonchev–Trinajstić information content (AvgIpc) is 2.82. The second kappa shape index (κ2) is 11.3. The Balaban J connectivity index is 1.86. The molecule has 2 aromatic carbocycles. The third kappa shape index (κ3) is 6.05. The number of carbonyl (C=O) groups excluding carboxylic acids is 2. The van der Waals surface area contributed by atoms with Gasteiger partial charge in [-0.15, -0.1) is 0 Å². The molecule has 1 unspecified atom stereocenters. The fraction of sp³-hybridized carbons (Fsp3) is 0.385. The lowest BCUT2D eigenvalue weighted by molar-refractivity contribution is -0.119. The van der Waals surface area contributed by atoms with Gasteiger partial charge < -0.3 is 10.1 Å². The summed E-state index contributed by atoms with van der Waals surface area (Å²) in [6.07, 6.45) is 0.766. The molecule has 0 saturated heterocycles. The van der Waals surface area contributed by atoms with Gasteiger partial charge in [-0.2, -0.15) is 0 Å². The first-order valence-electron chi connectivity index (χ1n) is 11.3. The summed E-state index contributed by atoms with van der Waals surface area (Å²) in [5.41, 5.74) is 2.76.